The van der Waals surface area contributed by atoms with Gasteiger partial charge in [-0.15, -0.1) is 0 Å². The largest absolute Gasteiger partial charge is 0.378 e. The molecule has 1 fully saturated rings. The van der Waals surface area contributed by atoms with Gasteiger partial charge >= 0.3 is 0 Å². The molecule has 1 N–H and O–H groups in total. The van der Waals surface area contributed by atoms with Crippen LogP contribution in [-0.2, 0) is 40.8 Å². The number of benzene rings is 1. The maximum Gasteiger partial charge on any atom is 0.274 e. The summed E-state index contributed by atoms with van der Waals surface area (Å²) >= 11 is 0. The summed E-state index contributed by atoms with van der Waals surface area (Å²) in [6.45, 7) is 5.05. The van der Waals surface area contributed by atoms with E-state index in [1.807, 2.05) is 32.2 Å². The van der Waals surface area contributed by atoms with E-state index in [9.17, 15) is 14.4 Å². The van der Waals surface area contributed by atoms with Crippen LogP contribution in [0.1, 0.15) is 53.5 Å². The van der Waals surface area contributed by atoms with Crippen molar-refractivity contribution in [1.29, 1.82) is 0 Å². The van der Waals surface area contributed by atoms with E-state index in [-0.39, 0.29) is 36.6 Å². The summed E-state index contributed by atoms with van der Waals surface area (Å²) in [5.74, 6) is -0.291. The zero-order valence-corrected chi connectivity index (χ0v) is 20.7. The van der Waals surface area contributed by atoms with Gasteiger partial charge in [-0.2, -0.15) is 5.10 Å². The maximum absolute atomic E-state index is 13.1. The topological polar surface area (TPSA) is 96.8 Å². The summed E-state index contributed by atoms with van der Waals surface area (Å²) in [6.07, 6.45) is 2.70. The summed E-state index contributed by atoms with van der Waals surface area (Å²) in [7, 11) is 1.84. The quantitative estimate of drug-likeness (QED) is 0.619. The monoisotopic (exact) mass is 481 g/mol. The number of nitrogens with one attached hydrogen (secondary N) is 1. The van der Waals surface area contributed by atoms with Gasteiger partial charge in [0.2, 0.25) is 11.8 Å². The van der Waals surface area contributed by atoms with Crippen LogP contribution in [0.5, 0.6) is 0 Å². The molecule has 9 nitrogen and oxygen atoms in total. The average molecular weight is 482 g/mol. The fraction of sp³-hybridized carbons (Fsp3) is 0.538. The molecule has 3 heterocycles. The number of amides is 3. The minimum Gasteiger partial charge on any atom is -0.378 e. The zero-order chi connectivity index (χ0) is 24.8. The molecule has 0 saturated carbocycles. The first-order valence-electron chi connectivity index (χ1n) is 12.4. The van der Waals surface area contributed by atoms with Crippen molar-refractivity contribution in [2.24, 2.45) is 7.05 Å². The Hall–Kier alpha value is -3.20. The molecule has 2 aliphatic rings. The van der Waals surface area contributed by atoms with Crippen LogP contribution in [0.2, 0.25) is 0 Å². The van der Waals surface area contributed by atoms with Crippen molar-refractivity contribution in [3.8, 4) is 0 Å². The second-order valence-electron chi connectivity index (χ2n) is 9.36. The highest BCUT2D eigenvalue weighted by Crippen LogP contribution is 2.24. The van der Waals surface area contributed by atoms with Crippen LogP contribution in [0.25, 0.3) is 0 Å². The van der Waals surface area contributed by atoms with Crippen LogP contribution < -0.4 is 5.32 Å². The summed E-state index contributed by atoms with van der Waals surface area (Å²) in [5.41, 5.74) is 3.49. The molecule has 1 aromatic heterocycles. The second kappa shape index (κ2) is 11.5. The Kier molecular flexibility index (Phi) is 8.17. The highest BCUT2D eigenvalue weighted by molar-refractivity contribution is 5.94. The number of hydrogen-bond acceptors (Lipinski definition) is 5. The molecular formula is C26H35N5O4. The van der Waals surface area contributed by atoms with Crippen LogP contribution >= 0.6 is 0 Å². The highest BCUT2D eigenvalue weighted by Gasteiger charge is 2.31. The van der Waals surface area contributed by atoms with Crippen molar-refractivity contribution in [2.45, 2.75) is 51.6 Å². The van der Waals surface area contributed by atoms with Crippen molar-refractivity contribution in [2.75, 3.05) is 32.8 Å². The molecule has 0 bridgehead atoms. The SMILES string of the molecule is CC(CCc1ccccc1)NC(=O)CCC(=O)N1CCc2c(c(C(=O)N3CCOCC3)nn2C)C1. The van der Waals surface area contributed by atoms with Gasteiger partial charge in [0.25, 0.3) is 5.91 Å². The van der Waals surface area contributed by atoms with Crippen molar-refractivity contribution >= 4 is 17.7 Å². The van der Waals surface area contributed by atoms with Gasteiger partial charge in [-0.25, -0.2) is 0 Å². The van der Waals surface area contributed by atoms with Crippen molar-refractivity contribution in [3.05, 3.63) is 52.8 Å². The molecular weight excluding hydrogens is 446 g/mol. The van der Waals surface area contributed by atoms with E-state index in [1.165, 1.54) is 5.56 Å². The lowest BCUT2D eigenvalue weighted by molar-refractivity contribution is -0.134. The van der Waals surface area contributed by atoms with Crippen LogP contribution in [-0.4, -0.2) is 76.2 Å². The van der Waals surface area contributed by atoms with Crippen LogP contribution in [0.4, 0.5) is 0 Å². The van der Waals surface area contributed by atoms with Crippen LogP contribution in [0.15, 0.2) is 30.3 Å². The lowest BCUT2D eigenvalue weighted by atomic mass is 10.0. The lowest BCUT2D eigenvalue weighted by Gasteiger charge is -2.29. The molecule has 188 valence electrons. The van der Waals surface area contributed by atoms with Gasteiger partial charge in [0.15, 0.2) is 5.69 Å². The second-order valence-corrected chi connectivity index (χ2v) is 9.36. The number of hydrogen-bond donors (Lipinski definition) is 1. The Bertz CT molecular complexity index is 1050. The molecule has 2 aliphatic heterocycles. The third-order valence-electron chi connectivity index (χ3n) is 6.78. The summed E-state index contributed by atoms with van der Waals surface area (Å²) < 4.78 is 7.11. The Balaban J connectivity index is 1.27. The first kappa shape index (κ1) is 24.9. The van der Waals surface area contributed by atoms with Crippen molar-refractivity contribution in [1.82, 2.24) is 24.9 Å². The third-order valence-corrected chi connectivity index (χ3v) is 6.78. The average Bonchev–Trinajstić information content (AvgIpc) is 3.22. The molecule has 0 aliphatic carbocycles. The molecule has 4 rings (SSSR count). The van der Waals surface area contributed by atoms with E-state index < -0.39 is 0 Å². The third kappa shape index (κ3) is 6.28. The van der Waals surface area contributed by atoms with Crippen molar-refractivity contribution < 1.29 is 19.1 Å². The standard InChI is InChI=1S/C26H35N5O4/c1-19(8-9-20-6-4-3-5-7-20)27-23(32)10-11-24(33)31-13-12-22-21(18-31)25(28-29(22)2)26(34)30-14-16-35-17-15-30/h3-7,19H,8-18H2,1-2H3,(H,27,32). The van der Waals surface area contributed by atoms with Crippen LogP contribution in [0.3, 0.4) is 0 Å². The Morgan fingerprint density at radius 2 is 1.80 bits per heavy atom. The van der Waals surface area contributed by atoms with Gasteiger partial charge in [-0.3, -0.25) is 19.1 Å². The molecule has 9 heteroatoms. The molecule has 1 saturated heterocycles. The molecule has 0 spiro atoms. The number of nitrogens with zero attached hydrogens (tertiary/aromatic N) is 4. The van der Waals surface area contributed by atoms with Gasteiger partial charge in [-0.05, 0) is 25.3 Å². The molecule has 0 radical (unpaired) electrons. The van der Waals surface area contributed by atoms with E-state index in [4.69, 9.17) is 4.74 Å². The Morgan fingerprint density at radius 1 is 1.06 bits per heavy atom. The van der Waals surface area contributed by atoms with Crippen LogP contribution in [0, 0.1) is 0 Å². The number of aromatic nitrogens is 2. The number of carbonyl (C=O) groups excluding carboxylic acids is 3. The molecule has 1 unspecified atom stereocenters. The lowest BCUT2D eigenvalue weighted by Crippen LogP contribution is -2.42. The first-order chi connectivity index (χ1) is 16.9. The molecule has 1 aromatic carbocycles. The van der Waals surface area contributed by atoms with E-state index in [1.54, 1.807) is 14.5 Å². The number of aryl methyl sites for hydroxylation is 2. The summed E-state index contributed by atoms with van der Waals surface area (Å²) in [5, 5.41) is 7.49. The Labute approximate surface area is 206 Å². The number of morpholine rings is 1. The zero-order valence-electron chi connectivity index (χ0n) is 20.7. The minimum atomic E-state index is -0.110. The Morgan fingerprint density at radius 3 is 2.54 bits per heavy atom. The maximum atomic E-state index is 13.1. The predicted octanol–water partition coefficient (Wildman–Crippen LogP) is 1.69. The molecule has 3 amide bonds. The van der Waals surface area contributed by atoms with Gasteiger partial charge in [0.05, 0.1) is 13.2 Å². The first-order valence-corrected chi connectivity index (χ1v) is 12.4. The molecule has 1 atom stereocenters. The highest BCUT2D eigenvalue weighted by atomic mass is 16.5. The van der Waals surface area contributed by atoms with E-state index in [0.717, 1.165) is 24.1 Å². The van der Waals surface area contributed by atoms with E-state index in [0.29, 0.717) is 51.5 Å². The summed E-state index contributed by atoms with van der Waals surface area (Å²) in [6, 6.07) is 10.2. The van der Waals surface area contributed by atoms with Gasteiger partial charge in [0.1, 0.15) is 0 Å². The normalized spacial score (nSPS) is 16.5. The van der Waals surface area contributed by atoms with Crippen molar-refractivity contribution in [3.63, 3.8) is 0 Å². The number of rotatable bonds is 8. The fourth-order valence-electron chi connectivity index (χ4n) is 4.72. The number of ether oxygens (including phenoxy) is 1. The fourth-order valence-corrected chi connectivity index (χ4v) is 4.72. The van der Waals surface area contributed by atoms with Gasteiger partial charge in [0, 0.05) is 69.8 Å². The minimum absolute atomic E-state index is 0.0412. The predicted molar refractivity (Wildman–Crippen MR) is 131 cm³/mol. The number of carbonyl (C=O) groups is 3. The molecule has 35 heavy (non-hydrogen) atoms. The van der Waals surface area contributed by atoms with E-state index >= 15 is 0 Å². The van der Waals surface area contributed by atoms with Gasteiger partial charge in [-0.1, -0.05) is 30.3 Å². The molecule has 2 aromatic rings. The summed E-state index contributed by atoms with van der Waals surface area (Å²) in [4.78, 5) is 41.9. The smallest absolute Gasteiger partial charge is 0.274 e. The van der Waals surface area contributed by atoms with E-state index in [2.05, 4.69) is 22.5 Å². The van der Waals surface area contributed by atoms with Gasteiger partial charge < -0.3 is 19.9 Å². The number of fused-ring (bicyclic) bond motifs is 1.